The molecule has 4 heteroatoms. The lowest BCUT2D eigenvalue weighted by atomic mass is 9.98. The van der Waals surface area contributed by atoms with Crippen molar-refractivity contribution in [1.82, 2.24) is 4.98 Å². The first kappa shape index (κ1) is 31.1. The highest BCUT2D eigenvalue weighted by atomic mass is 16.4. The van der Waals surface area contributed by atoms with Gasteiger partial charge in [-0.15, -0.1) is 0 Å². The van der Waals surface area contributed by atoms with Crippen LogP contribution >= 0.6 is 0 Å². The van der Waals surface area contributed by atoms with Crippen LogP contribution in [0, 0.1) is 0 Å². The summed E-state index contributed by atoms with van der Waals surface area (Å²) >= 11 is 0. The Balaban J connectivity index is 1.05. The Morgan fingerprint density at radius 3 is 1.87 bits per heavy atom. The summed E-state index contributed by atoms with van der Waals surface area (Å²) in [5, 5.41) is 6.93. The SMILES string of the molecule is c1ccc(-c2cccc(N(c3ccc(-c4cccc5c4oc4cc6oc(-c7ccccc7)nc6cc45)cc3)c3cc4ccccc4c4ccccc34)c2)cc1. The standard InChI is InChI=1S/C51H32N2O2/c1-3-13-33(14-4-1)36-18-11-19-39(29-36)53(47-30-37-17-7-8-20-40(37)42-21-9-10-22-43(42)47)38-27-25-34(26-28-38)41-23-12-24-44-45-31-46-49(32-48(45)54-50(41)44)55-51(52-46)35-15-5-2-6-16-35/h1-32H. The summed E-state index contributed by atoms with van der Waals surface area (Å²) in [5.74, 6) is 0.603. The number of benzene rings is 9. The van der Waals surface area contributed by atoms with Crippen LogP contribution in [0.2, 0.25) is 0 Å². The summed E-state index contributed by atoms with van der Waals surface area (Å²) in [6.07, 6.45) is 0. The molecule has 4 nitrogen and oxygen atoms in total. The highest BCUT2D eigenvalue weighted by molar-refractivity contribution is 6.15. The largest absolute Gasteiger partial charge is 0.455 e. The van der Waals surface area contributed by atoms with E-state index in [9.17, 15) is 0 Å². The summed E-state index contributed by atoms with van der Waals surface area (Å²) in [5.41, 5.74) is 11.8. The van der Waals surface area contributed by atoms with E-state index in [2.05, 4.69) is 163 Å². The number of fused-ring (bicyclic) bond motifs is 7. The van der Waals surface area contributed by atoms with Gasteiger partial charge in [0.25, 0.3) is 0 Å². The van der Waals surface area contributed by atoms with Crippen molar-refractivity contribution in [3.63, 3.8) is 0 Å². The molecule has 0 N–H and O–H groups in total. The summed E-state index contributed by atoms with van der Waals surface area (Å²) in [7, 11) is 0. The van der Waals surface area contributed by atoms with Crippen molar-refractivity contribution in [2.75, 3.05) is 4.90 Å². The van der Waals surface area contributed by atoms with Crippen LogP contribution in [-0.2, 0) is 0 Å². The van der Waals surface area contributed by atoms with E-state index in [-0.39, 0.29) is 0 Å². The van der Waals surface area contributed by atoms with E-state index in [4.69, 9.17) is 13.8 Å². The molecule has 11 rings (SSSR count). The Bertz CT molecular complexity index is 3200. The smallest absolute Gasteiger partial charge is 0.227 e. The summed E-state index contributed by atoms with van der Waals surface area (Å²) in [4.78, 5) is 7.21. The van der Waals surface area contributed by atoms with Gasteiger partial charge in [0.15, 0.2) is 5.58 Å². The van der Waals surface area contributed by atoms with Crippen LogP contribution in [0.4, 0.5) is 17.1 Å². The maximum atomic E-state index is 6.62. The van der Waals surface area contributed by atoms with Crippen molar-refractivity contribution >= 4 is 71.6 Å². The van der Waals surface area contributed by atoms with Gasteiger partial charge in [0, 0.05) is 44.7 Å². The lowest BCUT2D eigenvalue weighted by molar-refractivity contribution is 0.617. The fraction of sp³-hybridized carbons (Fsp3) is 0. The van der Waals surface area contributed by atoms with Gasteiger partial charge >= 0.3 is 0 Å². The number of oxazole rings is 1. The molecule has 0 radical (unpaired) electrons. The lowest BCUT2D eigenvalue weighted by Crippen LogP contribution is -2.10. The highest BCUT2D eigenvalue weighted by Gasteiger charge is 2.20. The molecular formula is C51H32N2O2. The quantitative estimate of drug-likeness (QED) is 0.162. The van der Waals surface area contributed by atoms with Crippen molar-refractivity contribution in [1.29, 1.82) is 0 Å². The molecule has 0 fully saturated rings. The Labute approximate surface area is 317 Å². The molecule has 2 heterocycles. The van der Waals surface area contributed by atoms with Crippen LogP contribution in [0.15, 0.2) is 203 Å². The minimum atomic E-state index is 0.603. The average Bonchev–Trinajstić information content (AvgIpc) is 3.85. The number of aromatic nitrogens is 1. The van der Waals surface area contributed by atoms with Crippen LogP contribution in [0.1, 0.15) is 0 Å². The molecule has 0 saturated heterocycles. The van der Waals surface area contributed by atoms with Gasteiger partial charge < -0.3 is 13.7 Å². The number of hydrogen-bond acceptors (Lipinski definition) is 4. The fourth-order valence-electron chi connectivity index (χ4n) is 8.04. The number of para-hydroxylation sites is 1. The summed E-state index contributed by atoms with van der Waals surface area (Å²) < 4.78 is 12.8. The van der Waals surface area contributed by atoms with Gasteiger partial charge in [-0.05, 0) is 81.4 Å². The van der Waals surface area contributed by atoms with Crippen molar-refractivity contribution in [2.45, 2.75) is 0 Å². The molecule has 0 aliphatic carbocycles. The molecule has 258 valence electrons. The molecule has 0 spiro atoms. The number of furan rings is 1. The minimum absolute atomic E-state index is 0.603. The van der Waals surface area contributed by atoms with E-state index in [1.165, 1.54) is 32.7 Å². The van der Waals surface area contributed by atoms with E-state index in [1.807, 2.05) is 36.4 Å². The molecule has 2 aromatic heterocycles. The molecular weight excluding hydrogens is 673 g/mol. The molecule has 0 aliphatic rings. The molecule has 0 saturated carbocycles. The highest BCUT2D eigenvalue weighted by Crippen LogP contribution is 2.44. The number of hydrogen-bond donors (Lipinski definition) is 0. The third kappa shape index (κ3) is 5.26. The summed E-state index contributed by atoms with van der Waals surface area (Å²) in [6.45, 7) is 0. The van der Waals surface area contributed by atoms with E-state index in [0.29, 0.717) is 11.5 Å². The molecule has 11 aromatic rings. The predicted octanol–water partition coefficient (Wildman–Crippen LogP) is 14.5. The molecule has 0 amide bonds. The predicted molar refractivity (Wildman–Crippen MR) is 227 cm³/mol. The topological polar surface area (TPSA) is 42.4 Å². The second-order valence-electron chi connectivity index (χ2n) is 13.9. The molecule has 0 aliphatic heterocycles. The number of rotatable bonds is 6. The maximum Gasteiger partial charge on any atom is 0.227 e. The molecule has 0 atom stereocenters. The second kappa shape index (κ2) is 12.6. The van der Waals surface area contributed by atoms with Gasteiger partial charge in [0.1, 0.15) is 16.7 Å². The Hall–Kier alpha value is -7.43. The van der Waals surface area contributed by atoms with Gasteiger partial charge in [-0.1, -0.05) is 140 Å². The minimum Gasteiger partial charge on any atom is -0.455 e. The summed E-state index contributed by atoms with van der Waals surface area (Å²) in [6, 6.07) is 68.3. The van der Waals surface area contributed by atoms with Gasteiger partial charge in [0.05, 0.1) is 5.69 Å². The first-order chi connectivity index (χ1) is 27.2. The van der Waals surface area contributed by atoms with Crippen LogP contribution in [-0.4, -0.2) is 4.98 Å². The van der Waals surface area contributed by atoms with E-state index in [0.717, 1.165) is 61.2 Å². The average molecular weight is 705 g/mol. The van der Waals surface area contributed by atoms with Crippen LogP contribution < -0.4 is 4.90 Å². The normalized spacial score (nSPS) is 11.6. The van der Waals surface area contributed by atoms with Gasteiger partial charge in [-0.2, -0.15) is 0 Å². The monoisotopic (exact) mass is 704 g/mol. The zero-order valence-corrected chi connectivity index (χ0v) is 29.7. The molecule has 0 bridgehead atoms. The zero-order chi connectivity index (χ0) is 36.3. The second-order valence-corrected chi connectivity index (χ2v) is 13.9. The van der Waals surface area contributed by atoms with Crippen molar-refractivity contribution in [3.8, 4) is 33.7 Å². The Kier molecular flexibility index (Phi) is 7.14. The van der Waals surface area contributed by atoms with E-state index < -0.39 is 0 Å². The maximum absolute atomic E-state index is 6.62. The molecule has 55 heavy (non-hydrogen) atoms. The Morgan fingerprint density at radius 1 is 0.382 bits per heavy atom. The lowest BCUT2D eigenvalue weighted by Gasteiger charge is -2.28. The van der Waals surface area contributed by atoms with Gasteiger partial charge in [0.2, 0.25) is 5.89 Å². The number of nitrogens with zero attached hydrogens (tertiary/aromatic N) is 2. The zero-order valence-electron chi connectivity index (χ0n) is 29.7. The van der Waals surface area contributed by atoms with Crippen LogP contribution in [0.25, 0.3) is 88.3 Å². The molecule has 9 aromatic carbocycles. The molecule has 0 unspecified atom stereocenters. The van der Waals surface area contributed by atoms with Gasteiger partial charge in [-0.3, -0.25) is 0 Å². The van der Waals surface area contributed by atoms with E-state index in [1.54, 1.807) is 0 Å². The van der Waals surface area contributed by atoms with E-state index >= 15 is 0 Å². The van der Waals surface area contributed by atoms with Gasteiger partial charge in [-0.25, -0.2) is 4.98 Å². The Morgan fingerprint density at radius 2 is 1.05 bits per heavy atom. The van der Waals surface area contributed by atoms with Crippen molar-refractivity contribution in [3.05, 3.63) is 194 Å². The van der Waals surface area contributed by atoms with Crippen LogP contribution in [0.3, 0.4) is 0 Å². The first-order valence-corrected chi connectivity index (χ1v) is 18.5. The fourth-order valence-corrected chi connectivity index (χ4v) is 8.04. The first-order valence-electron chi connectivity index (χ1n) is 18.5. The van der Waals surface area contributed by atoms with Crippen molar-refractivity contribution < 1.29 is 8.83 Å². The van der Waals surface area contributed by atoms with Crippen LogP contribution in [0.5, 0.6) is 0 Å². The third-order valence-electron chi connectivity index (χ3n) is 10.7. The number of anilines is 3. The third-order valence-corrected chi connectivity index (χ3v) is 10.7. The van der Waals surface area contributed by atoms with Crippen molar-refractivity contribution in [2.24, 2.45) is 0 Å².